The molecule has 1 N–H and O–H groups in total. The highest BCUT2D eigenvalue weighted by molar-refractivity contribution is 7.89. The molecule has 0 radical (unpaired) electrons. The van der Waals surface area contributed by atoms with Crippen LogP contribution in [0.2, 0.25) is 5.02 Å². The van der Waals surface area contributed by atoms with E-state index in [1.165, 1.54) is 47.0 Å². The van der Waals surface area contributed by atoms with Crippen molar-refractivity contribution in [2.24, 2.45) is 0 Å². The summed E-state index contributed by atoms with van der Waals surface area (Å²) in [4.78, 5) is 21.1. The van der Waals surface area contributed by atoms with E-state index in [0.717, 1.165) is 12.1 Å². The highest BCUT2D eigenvalue weighted by Crippen LogP contribution is 2.31. The number of amides is 1. The third-order valence-corrected chi connectivity index (χ3v) is 7.78. The zero-order valence-corrected chi connectivity index (χ0v) is 19.7. The van der Waals surface area contributed by atoms with E-state index in [1.54, 1.807) is 6.07 Å². The molecular formula is C23H20ClF3N4O3S. The number of hydrogen-bond donors (Lipinski definition) is 1. The van der Waals surface area contributed by atoms with Crippen molar-refractivity contribution in [3.05, 3.63) is 77.2 Å². The van der Waals surface area contributed by atoms with Crippen LogP contribution in [-0.2, 0) is 27.5 Å². The Balaban J connectivity index is 1.44. The summed E-state index contributed by atoms with van der Waals surface area (Å²) >= 11 is 5.85. The van der Waals surface area contributed by atoms with E-state index in [4.69, 9.17) is 11.6 Å². The molecule has 184 valence electrons. The van der Waals surface area contributed by atoms with Gasteiger partial charge in [0.25, 0.3) is 0 Å². The van der Waals surface area contributed by atoms with Gasteiger partial charge < -0.3 is 5.32 Å². The van der Waals surface area contributed by atoms with Crippen LogP contribution in [0.15, 0.2) is 65.8 Å². The van der Waals surface area contributed by atoms with Crippen molar-refractivity contribution in [3.63, 3.8) is 0 Å². The van der Waals surface area contributed by atoms with E-state index < -0.39 is 33.7 Å². The van der Waals surface area contributed by atoms with Crippen molar-refractivity contribution in [3.8, 4) is 11.3 Å². The fourth-order valence-corrected chi connectivity index (χ4v) is 5.59. The van der Waals surface area contributed by atoms with Crippen molar-refractivity contribution in [1.29, 1.82) is 0 Å². The first kappa shape index (κ1) is 25.1. The molecule has 0 aliphatic carbocycles. The summed E-state index contributed by atoms with van der Waals surface area (Å²) in [7, 11) is -3.88. The molecule has 1 amide bonds. The summed E-state index contributed by atoms with van der Waals surface area (Å²) in [5.74, 6) is -0.463. The van der Waals surface area contributed by atoms with Crippen molar-refractivity contribution >= 4 is 27.5 Å². The van der Waals surface area contributed by atoms with E-state index >= 15 is 0 Å². The fourth-order valence-electron chi connectivity index (χ4n) is 3.81. The molecule has 0 saturated carbocycles. The Hall–Kier alpha value is -3.02. The topological polar surface area (TPSA) is 92.3 Å². The van der Waals surface area contributed by atoms with E-state index in [0.29, 0.717) is 34.8 Å². The van der Waals surface area contributed by atoms with Gasteiger partial charge in [-0.05, 0) is 55.3 Å². The Bertz CT molecular complexity index is 1320. The molecule has 1 aliphatic rings. The summed E-state index contributed by atoms with van der Waals surface area (Å²) in [5, 5.41) is 3.11. The number of hydrogen-bond acceptors (Lipinski definition) is 5. The molecule has 7 nitrogen and oxygen atoms in total. The first-order chi connectivity index (χ1) is 16.6. The molecule has 0 spiro atoms. The van der Waals surface area contributed by atoms with Crippen LogP contribution in [-0.4, -0.2) is 41.2 Å². The number of rotatable bonds is 6. The Morgan fingerprint density at radius 3 is 2.43 bits per heavy atom. The quantitative estimate of drug-likeness (QED) is 0.519. The first-order valence-electron chi connectivity index (χ1n) is 10.6. The molecule has 4 rings (SSSR count). The third-order valence-electron chi connectivity index (χ3n) is 5.60. The lowest BCUT2D eigenvalue weighted by atomic mass is 10.1. The van der Waals surface area contributed by atoms with Gasteiger partial charge in [-0.3, -0.25) is 4.79 Å². The Kier molecular flexibility index (Phi) is 7.11. The molecule has 2 heterocycles. The van der Waals surface area contributed by atoms with Crippen LogP contribution in [0.1, 0.15) is 24.1 Å². The molecule has 1 aromatic heterocycles. The van der Waals surface area contributed by atoms with Crippen LogP contribution in [0.25, 0.3) is 11.3 Å². The summed E-state index contributed by atoms with van der Waals surface area (Å²) in [6, 6.07) is 11.0. The maximum atomic E-state index is 13.0. The standard InChI is InChI=1S/C23H20ClF3N4O3S/c24-17-7-9-19(10-8-17)35(33,34)31-11-1-2-21(31)22(32)28-13-18-12-20(30-14-29-18)15-3-5-16(6-4-15)23(25,26)27/h3-10,12,14,21H,1-2,11,13H2,(H,28,32)/t21-/m0/s1. The van der Waals surface area contributed by atoms with E-state index in [1.807, 2.05) is 0 Å². The van der Waals surface area contributed by atoms with Crippen molar-refractivity contribution in [1.82, 2.24) is 19.6 Å². The Morgan fingerprint density at radius 2 is 1.77 bits per heavy atom. The summed E-state index contributed by atoms with van der Waals surface area (Å²) < 4.78 is 65.6. The normalized spacial score (nSPS) is 16.9. The van der Waals surface area contributed by atoms with Crippen molar-refractivity contribution in [2.75, 3.05) is 6.54 Å². The smallest absolute Gasteiger partial charge is 0.349 e. The molecule has 0 bridgehead atoms. The van der Waals surface area contributed by atoms with Gasteiger partial charge in [0.05, 0.1) is 28.4 Å². The molecule has 12 heteroatoms. The van der Waals surface area contributed by atoms with Gasteiger partial charge in [-0.25, -0.2) is 18.4 Å². The van der Waals surface area contributed by atoms with Gasteiger partial charge in [0.1, 0.15) is 12.4 Å². The second-order valence-electron chi connectivity index (χ2n) is 7.92. The van der Waals surface area contributed by atoms with Crippen LogP contribution < -0.4 is 5.32 Å². The summed E-state index contributed by atoms with van der Waals surface area (Å²) in [6.45, 7) is 0.217. The molecule has 0 unspecified atom stereocenters. The lowest BCUT2D eigenvalue weighted by Crippen LogP contribution is -2.45. The zero-order valence-electron chi connectivity index (χ0n) is 18.2. The molecule has 1 atom stereocenters. The average molecular weight is 525 g/mol. The van der Waals surface area contributed by atoms with Crippen molar-refractivity contribution in [2.45, 2.75) is 36.5 Å². The van der Waals surface area contributed by atoms with E-state index in [2.05, 4.69) is 15.3 Å². The van der Waals surface area contributed by atoms with Crippen LogP contribution in [0, 0.1) is 0 Å². The minimum atomic E-state index is -4.44. The molecule has 1 aliphatic heterocycles. The van der Waals surface area contributed by atoms with Crippen molar-refractivity contribution < 1.29 is 26.4 Å². The third kappa shape index (κ3) is 5.63. The lowest BCUT2D eigenvalue weighted by Gasteiger charge is -2.23. The summed E-state index contributed by atoms with van der Waals surface area (Å²) in [5.41, 5.74) is 0.514. The van der Waals surface area contributed by atoms with E-state index in [-0.39, 0.29) is 18.0 Å². The number of alkyl halides is 3. The number of nitrogens with one attached hydrogen (secondary N) is 1. The Morgan fingerprint density at radius 1 is 1.09 bits per heavy atom. The monoisotopic (exact) mass is 524 g/mol. The van der Waals surface area contributed by atoms with Crippen LogP contribution >= 0.6 is 11.6 Å². The van der Waals surface area contributed by atoms with Gasteiger partial charge in [0, 0.05) is 17.1 Å². The molecule has 1 fully saturated rings. The molecular weight excluding hydrogens is 505 g/mol. The highest BCUT2D eigenvalue weighted by atomic mass is 35.5. The van der Waals surface area contributed by atoms with Gasteiger partial charge in [-0.15, -0.1) is 0 Å². The zero-order chi connectivity index (χ0) is 25.2. The maximum absolute atomic E-state index is 13.0. The largest absolute Gasteiger partial charge is 0.416 e. The fraction of sp³-hybridized carbons (Fsp3) is 0.261. The molecule has 35 heavy (non-hydrogen) atoms. The predicted molar refractivity (Wildman–Crippen MR) is 123 cm³/mol. The van der Waals surface area contributed by atoms with Gasteiger partial charge in [0.15, 0.2) is 0 Å². The van der Waals surface area contributed by atoms with Crippen LogP contribution in [0.3, 0.4) is 0 Å². The number of halogens is 4. The van der Waals surface area contributed by atoms with Crippen LogP contribution in [0.5, 0.6) is 0 Å². The Labute approximate surface area is 205 Å². The van der Waals surface area contributed by atoms with E-state index in [9.17, 15) is 26.4 Å². The number of benzene rings is 2. The molecule has 1 saturated heterocycles. The number of carbonyl (C=O) groups excluding carboxylic acids is 1. The predicted octanol–water partition coefficient (Wildman–Crippen LogP) is 4.29. The van der Waals surface area contributed by atoms with Gasteiger partial charge >= 0.3 is 6.18 Å². The maximum Gasteiger partial charge on any atom is 0.416 e. The number of nitrogens with zero attached hydrogens (tertiary/aromatic N) is 3. The highest BCUT2D eigenvalue weighted by Gasteiger charge is 2.39. The number of aromatic nitrogens is 2. The molecule has 2 aromatic carbocycles. The minimum absolute atomic E-state index is 0.000318. The SMILES string of the molecule is O=C(NCc1cc(-c2ccc(C(F)(F)F)cc2)ncn1)[C@@H]1CCCN1S(=O)(=O)c1ccc(Cl)cc1. The minimum Gasteiger partial charge on any atom is -0.349 e. The second kappa shape index (κ2) is 9.92. The number of sulfonamides is 1. The second-order valence-corrected chi connectivity index (χ2v) is 10.2. The average Bonchev–Trinajstić information content (AvgIpc) is 3.34. The van der Waals surface area contributed by atoms with Gasteiger partial charge in [0.2, 0.25) is 15.9 Å². The van der Waals surface area contributed by atoms with Gasteiger partial charge in [-0.1, -0.05) is 23.7 Å². The summed E-state index contributed by atoms with van der Waals surface area (Å²) in [6.07, 6.45) is -2.27. The molecule has 3 aromatic rings. The van der Waals surface area contributed by atoms with Crippen LogP contribution in [0.4, 0.5) is 13.2 Å². The lowest BCUT2D eigenvalue weighted by molar-refractivity contribution is -0.137. The van der Waals surface area contributed by atoms with Gasteiger partial charge in [-0.2, -0.15) is 17.5 Å². The number of carbonyl (C=O) groups is 1. The first-order valence-corrected chi connectivity index (χ1v) is 12.4.